The molecule has 0 aliphatic carbocycles. The monoisotopic (exact) mass is 336 g/mol. The van der Waals surface area contributed by atoms with Crippen molar-refractivity contribution >= 4 is 31.8 Å². The Morgan fingerprint density at radius 3 is 2.23 bits per heavy atom. The van der Waals surface area contributed by atoms with Crippen molar-refractivity contribution < 1.29 is 8.42 Å². The zero-order valence-electron chi connectivity index (χ0n) is 12.9. The van der Waals surface area contributed by atoms with Gasteiger partial charge in [-0.15, -0.1) is 0 Å². The lowest BCUT2D eigenvalue weighted by molar-refractivity contribution is 0.481. The van der Waals surface area contributed by atoms with E-state index in [1.165, 1.54) is 53.6 Å². The third-order valence-electron chi connectivity index (χ3n) is 5.08. The molecule has 118 valence electrons. The Hall–Kier alpha value is -0.940. The topological polar surface area (TPSA) is 39.1 Å². The standard InChI is InChI=1S/C17H22NO2S2/c1-22(19,20)18-12-17(15-10-2-3-11-16(15)18)21-13-6-4-7-14(21)9-5-8-13/h2-3,10-14H,4-9H2,1H3/q+1. The number of aromatic nitrogens is 1. The van der Waals surface area contributed by atoms with Gasteiger partial charge in [0.15, 0.2) is 4.90 Å². The minimum Gasteiger partial charge on any atom is -0.240 e. The van der Waals surface area contributed by atoms with Crippen LogP contribution in [0.3, 0.4) is 0 Å². The van der Waals surface area contributed by atoms with Gasteiger partial charge in [0.05, 0.1) is 23.4 Å². The molecule has 2 aromatic rings. The van der Waals surface area contributed by atoms with Crippen LogP contribution < -0.4 is 0 Å². The highest BCUT2D eigenvalue weighted by molar-refractivity contribution is 7.98. The number of hydrogen-bond acceptors (Lipinski definition) is 2. The molecule has 5 heteroatoms. The molecule has 2 fully saturated rings. The first-order chi connectivity index (χ1) is 10.6. The van der Waals surface area contributed by atoms with Crippen LogP contribution in [-0.4, -0.2) is 29.1 Å². The fourth-order valence-corrected chi connectivity index (χ4v) is 8.63. The summed E-state index contributed by atoms with van der Waals surface area (Å²) < 4.78 is 25.8. The second-order valence-corrected chi connectivity index (χ2v) is 10.9. The fourth-order valence-electron chi connectivity index (χ4n) is 4.16. The summed E-state index contributed by atoms with van der Waals surface area (Å²) in [5.41, 5.74) is 0.844. The molecule has 2 bridgehead atoms. The van der Waals surface area contributed by atoms with Crippen molar-refractivity contribution in [1.29, 1.82) is 0 Å². The minimum absolute atomic E-state index is 0.222. The molecule has 0 unspecified atom stereocenters. The molecule has 0 saturated carbocycles. The fraction of sp³-hybridized carbons (Fsp3) is 0.529. The highest BCUT2D eigenvalue weighted by atomic mass is 32.2. The third-order valence-corrected chi connectivity index (χ3v) is 9.30. The number of para-hydroxylation sites is 1. The second kappa shape index (κ2) is 5.31. The molecule has 2 aliphatic rings. The van der Waals surface area contributed by atoms with E-state index in [9.17, 15) is 8.42 Å². The van der Waals surface area contributed by atoms with Crippen LogP contribution in [0.1, 0.15) is 38.5 Å². The zero-order valence-corrected chi connectivity index (χ0v) is 14.5. The van der Waals surface area contributed by atoms with Gasteiger partial charge in [-0.3, -0.25) is 0 Å². The Bertz CT molecular complexity index is 787. The molecule has 0 spiro atoms. The lowest BCUT2D eigenvalue weighted by Crippen LogP contribution is -2.40. The smallest absolute Gasteiger partial charge is 0.236 e. The van der Waals surface area contributed by atoms with Gasteiger partial charge in [-0.2, -0.15) is 0 Å². The van der Waals surface area contributed by atoms with Gasteiger partial charge in [0.25, 0.3) is 0 Å². The van der Waals surface area contributed by atoms with Gasteiger partial charge >= 0.3 is 0 Å². The van der Waals surface area contributed by atoms with E-state index in [-0.39, 0.29) is 10.9 Å². The molecule has 3 nitrogen and oxygen atoms in total. The maximum Gasteiger partial charge on any atom is 0.236 e. The molecule has 0 N–H and O–H groups in total. The number of hydrogen-bond donors (Lipinski definition) is 0. The van der Waals surface area contributed by atoms with Crippen molar-refractivity contribution in [2.75, 3.05) is 6.26 Å². The average molecular weight is 337 g/mol. The maximum absolute atomic E-state index is 12.2. The zero-order chi connectivity index (χ0) is 15.3. The Labute approximate surface area is 135 Å². The molecule has 1 aromatic carbocycles. The Balaban J connectivity index is 1.92. The van der Waals surface area contributed by atoms with Crippen molar-refractivity contribution in [3.8, 4) is 0 Å². The van der Waals surface area contributed by atoms with Crippen LogP contribution >= 0.6 is 0 Å². The van der Waals surface area contributed by atoms with Crippen molar-refractivity contribution in [2.24, 2.45) is 0 Å². The summed E-state index contributed by atoms with van der Waals surface area (Å²) in [5.74, 6) is 0. The normalized spacial score (nSPS) is 28.9. The first-order valence-corrected chi connectivity index (χ1v) is 11.3. The summed E-state index contributed by atoms with van der Waals surface area (Å²) in [6.07, 6.45) is 11.2. The summed E-state index contributed by atoms with van der Waals surface area (Å²) in [6.45, 7) is 0. The SMILES string of the molecule is CS(=O)(=O)n1cc([S+]2C3CCCC2CCC3)c2ccccc21. The van der Waals surface area contributed by atoms with Crippen LogP contribution in [-0.2, 0) is 20.9 Å². The molecule has 22 heavy (non-hydrogen) atoms. The molecule has 1 aromatic heterocycles. The molecule has 0 atom stereocenters. The highest BCUT2D eigenvalue weighted by Gasteiger charge is 2.47. The van der Waals surface area contributed by atoms with Gasteiger partial charge < -0.3 is 0 Å². The van der Waals surface area contributed by atoms with E-state index in [4.69, 9.17) is 0 Å². The largest absolute Gasteiger partial charge is 0.240 e. The van der Waals surface area contributed by atoms with Crippen LogP contribution in [0.5, 0.6) is 0 Å². The maximum atomic E-state index is 12.2. The van der Waals surface area contributed by atoms with E-state index < -0.39 is 10.0 Å². The molecule has 0 radical (unpaired) electrons. The highest BCUT2D eigenvalue weighted by Crippen LogP contribution is 2.44. The summed E-state index contributed by atoms with van der Waals surface area (Å²) in [6, 6.07) is 7.99. The molecule has 4 rings (SSSR count). The molecule has 3 heterocycles. The summed E-state index contributed by atoms with van der Waals surface area (Å²) in [5, 5.41) is 2.69. The van der Waals surface area contributed by atoms with Gasteiger partial charge in [0, 0.05) is 10.9 Å². The first-order valence-electron chi connectivity index (χ1n) is 8.08. The predicted octanol–water partition coefficient (Wildman–Crippen LogP) is 3.53. The summed E-state index contributed by atoms with van der Waals surface area (Å²) in [7, 11) is -3.03. The Kier molecular flexibility index (Phi) is 3.53. The van der Waals surface area contributed by atoms with Gasteiger partial charge in [-0.1, -0.05) is 12.1 Å². The minimum atomic E-state index is -3.25. The quantitative estimate of drug-likeness (QED) is 0.787. The van der Waals surface area contributed by atoms with E-state index in [2.05, 4.69) is 6.07 Å². The molecular formula is C17H22NO2S2+. The van der Waals surface area contributed by atoms with E-state index in [0.29, 0.717) is 0 Å². The lowest BCUT2D eigenvalue weighted by atomic mass is 9.99. The Morgan fingerprint density at radius 2 is 1.64 bits per heavy atom. The van der Waals surface area contributed by atoms with E-state index in [0.717, 1.165) is 21.4 Å². The van der Waals surface area contributed by atoms with Crippen molar-refractivity contribution in [3.63, 3.8) is 0 Å². The lowest BCUT2D eigenvalue weighted by Gasteiger charge is -2.34. The molecular weight excluding hydrogens is 314 g/mol. The summed E-state index contributed by atoms with van der Waals surface area (Å²) in [4.78, 5) is 1.30. The van der Waals surface area contributed by atoms with Crippen LogP contribution in [0.15, 0.2) is 35.4 Å². The van der Waals surface area contributed by atoms with Gasteiger partial charge in [0.2, 0.25) is 10.0 Å². The van der Waals surface area contributed by atoms with E-state index >= 15 is 0 Å². The van der Waals surface area contributed by atoms with E-state index in [1.54, 1.807) is 0 Å². The van der Waals surface area contributed by atoms with Crippen molar-refractivity contribution in [3.05, 3.63) is 30.5 Å². The van der Waals surface area contributed by atoms with Crippen LogP contribution in [0.4, 0.5) is 0 Å². The molecule has 0 amide bonds. The number of nitrogens with zero attached hydrogens (tertiary/aromatic N) is 1. The van der Waals surface area contributed by atoms with Crippen LogP contribution in [0.25, 0.3) is 10.9 Å². The number of benzene rings is 1. The second-order valence-electron chi connectivity index (χ2n) is 6.55. The number of rotatable bonds is 2. The van der Waals surface area contributed by atoms with Crippen LogP contribution in [0, 0.1) is 0 Å². The predicted molar refractivity (Wildman–Crippen MR) is 93.1 cm³/mol. The van der Waals surface area contributed by atoms with Gasteiger partial charge in [-0.05, 0) is 50.7 Å². The average Bonchev–Trinajstić information content (AvgIpc) is 2.86. The molecule has 2 aliphatic heterocycles. The van der Waals surface area contributed by atoms with Gasteiger partial charge in [-0.25, -0.2) is 12.4 Å². The summed E-state index contributed by atoms with van der Waals surface area (Å²) >= 11 is 0. The molecule has 2 saturated heterocycles. The van der Waals surface area contributed by atoms with Crippen LogP contribution in [0.2, 0.25) is 0 Å². The third kappa shape index (κ3) is 2.29. The Morgan fingerprint density at radius 1 is 1.05 bits per heavy atom. The van der Waals surface area contributed by atoms with Crippen molar-refractivity contribution in [2.45, 2.75) is 53.9 Å². The van der Waals surface area contributed by atoms with Crippen molar-refractivity contribution in [1.82, 2.24) is 3.97 Å². The van der Waals surface area contributed by atoms with E-state index in [1.807, 2.05) is 24.4 Å². The first kappa shape index (κ1) is 14.6. The van der Waals surface area contributed by atoms with Gasteiger partial charge in [0.1, 0.15) is 10.5 Å². The number of fused-ring (bicyclic) bond motifs is 3.